The number of carbonyl (C=O) groups excluding carboxylic acids is 2. The normalized spacial score (nSPS) is 10.4. The molecular weight excluding hydrogens is 380 g/mol. The molecule has 3 rings (SSSR count). The molecule has 0 atom stereocenters. The summed E-state index contributed by atoms with van der Waals surface area (Å²) >= 11 is 0. The maximum absolute atomic E-state index is 12.7. The molecule has 0 saturated carbocycles. The first kappa shape index (κ1) is 21.0. The third-order valence-electron chi connectivity index (χ3n) is 4.57. The van der Waals surface area contributed by atoms with Crippen molar-refractivity contribution in [2.75, 3.05) is 11.9 Å². The maximum atomic E-state index is 12.7. The van der Waals surface area contributed by atoms with E-state index in [2.05, 4.69) is 5.32 Å². The zero-order chi connectivity index (χ0) is 21.3. The van der Waals surface area contributed by atoms with Crippen molar-refractivity contribution in [3.05, 3.63) is 100.0 Å². The minimum atomic E-state index is -0.499. The van der Waals surface area contributed by atoms with E-state index in [0.717, 1.165) is 18.4 Å². The third-order valence-corrected chi connectivity index (χ3v) is 4.57. The topological polar surface area (TPSA) is 77.4 Å². The molecule has 1 N–H and O–H groups in total. The minimum absolute atomic E-state index is 0.0523. The van der Waals surface area contributed by atoms with Gasteiger partial charge in [0.1, 0.15) is 5.56 Å². The van der Waals surface area contributed by atoms with E-state index in [1.54, 1.807) is 36.5 Å². The van der Waals surface area contributed by atoms with Gasteiger partial charge in [0, 0.05) is 11.9 Å². The number of amides is 1. The van der Waals surface area contributed by atoms with E-state index < -0.39 is 11.9 Å². The van der Waals surface area contributed by atoms with Crippen LogP contribution in [-0.2, 0) is 11.3 Å². The number of rotatable bonds is 8. The van der Waals surface area contributed by atoms with Crippen LogP contribution in [-0.4, -0.2) is 23.1 Å². The Morgan fingerprint density at radius 2 is 1.70 bits per heavy atom. The van der Waals surface area contributed by atoms with Crippen LogP contribution in [0.3, 0.4) is 0 Å². The SMILES string of the molecule is CCCCOC(=O)c1ccc(NC(=O)c2cccn(Cc3ccccc3)c2=O)cc1. The van der Waals surface area contributed by atoms with Crippen molar-refractivity contribution < 1.29 is 14.3 Å². The lowest BCUT2D eigenvalue weighted by Gasteiger charge is -2.09. The van der Waals surface area contributed by atoms with Gasteiger partial charge in [0.2, 0.25) is 0 Å². The summed E-state index contributed by atoms with van der Waals surface area (Å²) in [6.07, 6.45) is 3.43. The van der Waals surface area contributed by atoms with Gasteiger partial charge in [-0.1, -0.05) is 43.7 Å². The van der Waals surface area contributed by atoms with Crippen LogP contribution in [0.15, 0.2) is 77.7 Å². The van der Waals surface area contributed by atoms with Crippen LogP contribution < -0.4 is 10.9 Å². The monoisotopic (exact) mass is 404 g/mol. The third kappa shape index (κ3) is 5.44. The number of pyridine rings is 1. The molecule has 0 radical (unpaired) electrons. The number of hydrogen-bond donors (Lipinski definition) is 1. The summed E-state index contributed by atoms with van der Waals surface area (Å²) in [7, 11) is 0. The number of carbonyl (C=O) groups is 2. The van der Waals surface area contributed by atoms with Crippen LogP contribution in [0.1, 0.15) is 46.0 Å². The zero-order valence-corrected chi connectivity index (χ0v) is 16.8. The standard InChI is InChI=1S/C24H24N2O4/c1-2-3-16-30-24(29)19-11-13-20(14-12-19)25-22(27)21-10-7-15-26(23(21)28)17-18-8-5-4-6-9-18/h4-15H,2-3,16-17H2,1H3,(H,25,27). The van der Waals surface area contributed by atoms with Crippen molar-refractivity contribution in [3.63, 3.8) is 0 Å². The fourth-order valence-corrected chi connectivity index (χ4v) is 2.89. The highest BCUT2D eigenvalue weighted by molar-refractivity contribution is 6.04. The molecule has 0 unspecified atom stereocenters. The molecule has 0 bridgehead atoms. The van der Waals surface area contributed by atoms with Crippen LogP contribution in [0, 0.1) is 0 Å². The molecule has 3 aromatic rings. The molecule has 6 heteroatoms. The Balaban J connectivity index is 1.68. The number of nitrogens with one attached hydrogen (secondary N) is 1. The number of unbranched alkanes of at least 4 members (excludes halogenated alkanes) is 1. The molecule has 1 aromatic heterocycles. The highest BCUT2D eigenvalue weighted by atomic mass is 16.5. The summed E-state index contributed by atoms with van der Waals surface area (Å²) in [5.74, 6) is -0.895. The average molecular weight is 404 g/mol. The van der Waals surface area contributed by atoms with Gasteiger partial charge in [0.15, 0.2) is 0 Å². The maximum Gasteiger partial charge on any atom is 0.338 e. The lowest BCUT2D eigenvalue weighted by atomic mass is 10.2. The largest absolute Gasteiger partial charge is 0.462 e. The molecule has 30 heavy (non-hydrogen) atoms. The van der Waals surface area contributed by atoms with Gasteiger partial charge in [0.05, 0.1) is 18.7 Å². The van der Waals surface area contributed by atoms with E-state index in [-0.39, 0.29) is 11.1 Å². The number of hydrogen-bond acceptors (Lipinski definition) is 4. The highest BCUT2D eigenvalue weighted by Gasteiger charge is 2.13. The van der Waals surface area contributed by atoms with Gasteiger partial charge in [0.25, 0.3) is 11.5 Å². The number of anilines is 1. The second kappa shape index (κ2) is 10.2. The summed E-state index contributed by atoms with van der Waals surface area (Å²) in [6.45, 7) is 2.79. The Labute approximate surface area is 175 Å². The van der Waals surface area contributed by atoms with E-state index in [1.165, 1.54) is 10.6 Å². The Bertz CT molecular complexity index is 1060. The summed E-state index contributed by atoms with van der Waals surface area (Å²) in [5.41, 5.74) is 1.56. The number of ether oxygens (including phenoxy) is 1. The molecule has 1 amide bonds. The molecule has 154 valence electrons. The first-order valence-electron chi connectivity index (χ1n) is 9.90. The summed E-state index contributed by atoms with van der Waals surface area (Å²) in [5, 5.41) is 2.70. The van der Waals surface area contributed by atoms with Gasteiger partial charge in [-0.25, -0.2) is 4.79 Å². The Morgan fingerprint density at radius 3 is 2.40 bits per heavy atom. The van der Waals surface area contributed by atoms with Crippen molar-refractivity contribution in [2.24, 2.45) is 0 Å². The van der Waals surface area contributed by atoms with Crippen LogP contribution >= 0.6 is 0 Å². The zero-order valence-electron chi connectivity index (χ0n) is 16.8. The summed E-state index contributed by atoms with van der Waals surface area (Å²) in [4.78, 5) is 37.3. The van der Waals surface area contributed by atoms with Crippen molar-refractivity contribution in [2.45, 2.75) is 26.3 Å². The van der Waals surface area contributed by atoms with E-state index in [1.807, 2.05) is 37.3 Å². The Morgan fingerprint density at radius 1 is 0.967 bits per heavy atom. The van der Waals surface area contributed by atoms with E-state index in [0.29, 0.717) is 24.4 Å². The predicted molar refractivity (Wildman–Crippen MR) is 116 cm³/mol. The Kier molecular flexibility index (Phi) is 7.16. The molecule has 1 heterocycles. The van der Waals surface area contributed by atoms with Crippen molar-refractivity contribution in [1.82, 2.24) is 4.57 Å². The molecule has 0 spiro atoms. The smallest absolute Gasteiger partial charge is 0.338 e. The lowest BCUT2D eigenvalue weighted by molar-refractivity contribution is 0.0499. The Hall–Kier alpha value is -3.67. The van der Waals surface area contributed by atoms with E-state index in [9.17, 15) is 14.4 Å². The second-order valence-corrected chi connectivity index (χ2v) is 6.86. The van der Waals surface area contributed by atoms with Gasteiger partial charge in [-0.15, -0.1) is 0 Å². The number of benzene rings is 2. The fourth-order valence-electron chi connectivity index (χ4n) is 2.89. The van der Waals surface area contributed by atoms with E-state index in [4.69, 9.17) is 4.74 Å². The lowest BCUT2D eigenvalue weighted by Crippen LogP contribution is -2.29. The summed E-state index contributed by atoms with van der Waals surface area (Å²) < 4.78 is 6.67. The van der Waals surface area contributed by atoms with E-state index >= 15 is 0 Å². The van der Waals surface area contributed by atoms with Crippen LogP contribution in [0.5, 0.6) is 0 Å². The van der Waals surface area contributed by atoms with Crippen LogP contribution in [0.25, 0.3) is 0 Å². The first-order chi connectivity index (χ1) is 14.6. The highest BCUT2D eigenvalue weighted by Crippen LogP contribution is 2.12. The van der Waals surface area contributed by atoms with Crippen molar-refractivity contribution in [3.8, 4) is 0 Å². The number of esters is 1. The quantitative estimate of drug-likeness (QED) is 0.453. The molecule has 6 nitrogen and oxygen atoms in total. The van der Waals surface area contributed by atoms with Crippen molar-refractivity contribution >= 4 is 17.6 Å². The van der Waals surface area contributed by atoms with Crippen LogP contribution in [0.4, 0.5) is 5.69 Å². The number of nitrogens with zero attached hydrogens (tertiary/aromatic N) is 1. The van der Waals surface area contributed by atoms with Crippen molar-refractivity contribution in [1.29, 1.82) is 0 Å². The molecule has 0 aliphatic heterocycles. The predicted octanol–water partition coefficient (Wildman–Crippen LogP) is 4.11. The summed E-state index contributed by atoms with van der Waals surface area (Å²) in [6, 6.07) is 19.1. The molecule has 2 aromatic carbocycles. The van der Waals surface area contributed by atoms with Gasteiger partial charge in [-0.3, -0.25) is 9.59 Å². The van der Waals surface area contributed by atoms with Gasteiger partial charge in [-0.05, 0) is 48.4 Å². The number of aromatic nitrogens is 1. The molecule has 0 saturated heterocycles. The first-order valence-corrected chi connectivity index (χ1v) is 9.90. The second-order valence-electron chi connectivity index (χ2n) is 6.86. The molecular formula is C24H24N2O4. The minimum Gasteiger partial charge on any atom is -0.462 e. The van der Waals surface area contributed by atoms with Gasteiger partial charge >= 0.3 is 5.97 Å². The van der Waals surface area contributed by atoms with Gasteiger partial charge < -0.3 is 14.6 Å². The molecule has 0 aliphatic carbocycles. The fraction of sp³-hybridized carbons (Fsp3) is 0.208. The van der Waals surface area contributed by atoms with Crippen LogP contribution in [0.2, 0.25) is 0 Å². The molecule has 0 aliphatic rings. The molecule has 0 fully saturated rings. The average Bonchev–Trinajstić information content (AvgIpc) is 2.76. The van der Waals surface area contributed by atoms with Gasteiger partial charge in [-0.2, -0.15) is 0 Å².